The van der Waals surface area contributed by atoms with Crippen LogP contribution in [0.3, 0.4) is 0 Å². The Labute approximate surface area is 132 Å². The van der Waals surface area contributed by atoms with Crippen molar-refractivity contribution in [3.05, 3.63) is 29.8 Å². The average molecular weight is 329 g/mol. The molecule has 1 aromatic carbocycles. The summed E-state index contributed by atoms with van der Waals surface area (Å²) in [5, 5.41) is 0. The standard InChI is InChI=1S/C16H18F3NO3/c17-16(18,19)10-20(11-4-3-7-22-8-11)15(21)13-9-23-14-6-2-1-5-12(13)14/h1-2,5-6,11,13H,3-4,7-10H2/t11-,13+/m1/s1. The fourth-order valence-electron chi connectivity index (χ4n) is 3.12. The number of rotatable bonds is 3. The van der Waals surface area contributed by atoms with Crippen molar-refractivity contribution in [2.24, 2.45) is 0 Å². The zero-order valence-electron chi connectivity index (χ0n) is 12.5. The van der Waals surface area contributed by atoms with E-state index in [1.807, 2.05) is 0 Å². The van der Waals surface area contributed by atoms with Crippen LogP contribution in [0, 0.1) is 0 Å². The molecule has 2 atom stereocenters. The van der Waals surface area contributed by atoms with Crippen molar-refractivity contribution in [3.8, 4) is 5.75 Å². The normalized spacial score (nSPS) is 24.0. The van der Waals surface area contributed by atoms with Crippen LogP contribution < -0.4 is 4.74 Å². The summed E-state index contributed by atoms with van der Waals surface area (Å²) in [6, 6.07) is 6.44. The van der Waals surface area contributed by atoms with Crippen molar-refractivity contribution in [1.29, 1.82) is 0 Å². The van der Waals surface area contributed by atoms with Gasteiger partial charge in [-0.1, -0.05) is 18.2 Å². The van der Waals surface area contributed by atoms with Crippen LogP contribution >= 0.6 is 0 Å². The lowest BCUT2D eigenvalue weighted by Crippen LogP contribution is -2.50. The molecular weight excluding hydrogens is 311 g/mol. The van der Waals surface area contributed by atoms with E-state index in [2.05, 4.69) is 0 Å². The molecule has 0 spiro atoms. The maximum absolute atomic E-state index is 12.9. The van der Waals surface area contributed by atoms with E-state index in [9.17, 15) is 18.0 Å². The molecule has 126 valence electrons. The molecule has 0 bridgehead atoms. The van der Waals surface area contributed by atoms with Gasteiger partial charge >= 0.3 is 6.18 Å². The van der Waals surface area contributed by atoms with Gasteiger partial charge in [-0.15, -0.1) is 0 Å². The molecule has 2 aliphatic rings. The minimum atomic E-state index is -4.44. The van der Waals surface area contributed by atoms with Gasteiger partial charge in [-0.05, 0) is 18.9 Å². The fourth-order valence-corrected chi connectivity index (χ4v) is 3.12. The number of para-hydroxylation sites is 1. The van der Waals surface area contributed by atoms with E-state index in [1.54, 1.807) is 24.3 Å². The Morgan fingerprint density at radius 2 is 2.04 bits per heavy atom. The lowest BCUT2D eigenvalue weighted by atomic mass is 9.98. The van der Waals surface area contributed by atoms with Gasteiger partial charge in [0.25, 0.3) is 0 Å². The van der Waals surface area contributed by atoms with Gasteiger partial charge in [0.15, 0.2) is 0 Å². The highest BCUT2D eigenvalue weighted by molar-refractivity contribution is 5.86. The van der Waals surface area contributed by atoms with Crippen LogP contribution in [0.25, 0.3) is 0 Å². The second-order valence-electron chi connectivity index (χ2n) is 5.85. The van der Waals surface area contributed by atoms with Crippen LogP contribution in [0.2, 0.25) is 0 Å². The number of fused-ring (bicyclic) bond motifs is 1. The third-order valence-electron chi connectivity index (χ3n) is 4.21. The Bertz CT molecular complexity index is 570. The van der Waals surface area contributed by atoms with E-state index in [4.69, 9.17) is 9.47 Å². The first-order chi connectivity index (χ1) is 11.0. The maximum atomic E-state index is 12.9. The number of carbonyl (C=O) groups excluding carboxylic acids is 1. The summed E-state index contributed by atoms with van der Waals surface area (Å²) in [4.78, 5) is 13.7. The van der Waals surface area contributed by atoms with Crippen molar-refractivity contribution < 1.29 is 27.4 Å². The van der Waals surface area contributed by atoms with Crippen LogP contribution in [-0.2, 0) is 9.53 Å². The Kier molecular flexibility index (Phi) is 4.48. The topological polar surface area (TPSA) is 38.8 Å². The first-order valence-electron chi connectivity index (χ1n) is 7.62. The Balaban J connectivity index is 1.83. The molecule has 23 heavy (non-hydrogen) atoms. The van der Waals surface area contributed by atoms with Gasteiger partial charge in [0.05, 0.1) is 12.6 Å². The van der Waals surface area contributed by atoms with E-state index in [1.165, 1.54) is 0 Å². The van der Waals surface area contributed by atoms with Gasteiger partial charge in [0, 0.05) is 12.2 Å². The molecule has 4 nitrogen and oxygen atoms in total. The van der Waals surface area contributed by atoms with E-state index >= 15 is 0 Å². The maximum Gasteiger partial charge on any atom is 0.406 e. The number of benzene rings is 1. The average Bonchev–Trinajstić information content (AvgIpc) is 2.96. The van der Waals surface area contributed by atoms with Crippen LogP contribution in [-0.4, -0.2) is 49.4 Å². The molecule has 7 heteroatoms. The molecule has 1 saturated heterocycles. The first-order valence-corrected chi connectivity index (χ1v) is 7.62. The number of hydrogen-bond donors (Lipinski definition) is 0. The van der Waals surface area contributed by atoms with Crippen molar-refractivity contribution in [2.75, 3.05) is 26.4 Å². The van der Waals surface area contributed by atoms with E-state index < -0.39 is 30.6 Å². The van der Waals surface area contributed by atoms with Gasteiger partial charge in [-0.25, -0.2) is 0 Å². The monoisotopic (exact) mass is 329 g/mol. The second-order valence-corrected chi connectivity index (χ2v) is 5.85. The third kappa shape index (κ3) is 3.60. The van der Waals surface area contributed by atoms with Crippen LogP contribution in [0.4, 0.5) is 13.2 Å². The molecule has 2 aliphatic heterocycles. The lowest BCUT2D eigenvalue weighted by Gasteiger charge is -2.36. The summed E-state index contributed by atoms with van der Waals surface area (Å²) >= 11 is 0. The third-order valence-corrected chi connectivity index (χ3v) is 4.21. The highest BCUT2D eigenvalue weighted by Gasteiger charge is 2.41. The zero-order chi connectivity index (χ0) is 16.4. The highest BCUT2D eigenvalue weighted by atomic mass is 19.4. The Morgan fingerprint density at radius 1 is 1.26 bits per heavy atom. The molecule has 0 aliphatic carbocycles. The number of alkyl halides is 3. The van der Waals surface area contributed by atoms with Crippen LogP contribution in [0.5, 0.6) is 5.75 Å². The SMILES string of the molecule is O=C([C@H]1COc2ccccc21)N(CC(F)(F)F)[C@@H]1CCCOC1. The predicted molar refractivity (Wildman–Crippen MR) is 76.3 cm³/mol. The molecule has 0 saturated carbocycles. The molecule has 0 unspecified atom stereocenters. The van der Waals surface area contributed by atoms with Crippen molar-refractivity contribution in [3.63, 3.8) is 0 Å². The molecule has 0 radical (unpaired) electrons. The van der Waals surface area contributed by atoms with Gasteiger partial charge in [-0.3, -0.25) is 4.79 Å². The van der Waals surface area contributed by atoms with Crippen molar-refractivity contribution in [2.45, 2.75) is 31.0 Å². The summed E-state index contributed by atoms with van der Waals surface area (Å²) in [6.45, 7) is -0.490. The van der Waals surface area contributed by atoms with Gasteiger partial charge in [-0.2, -0.15) is 13.2 Å². The van der Waals surface area contributed by atoms with Crippen LogP contribution in [0.15, 0.2) is 24.3 Å². The predicted octanol–water partition coefficient (Wildman–Crippen LogP) is 2.73. The van der Waals surface area contributed by atoms with E-state index in [0.717, 1.165) is 4.90 Å². The number of halogens is 3. The van der Waals surface area contributed by atoms with E-state index in [-0.39, 0.29) is 13.2 Å². The minimum absolute atomic E-state index is 0.0834. The summed E-state index contributed by atoms with van der Waals surface area (Å²) in [6.07, 6.45) is -3.26. The van der Waals surface area contributed by atoms with Gasteiger partial charge in [0.1, 0.15) is 24.8 Å². The van der Waals surface area contributed by atoms with Gasteiger partial charge in [0.2, 0.25) is 5.91 Å². The molecule has 0 aromatic heterocycles. The highest BCUT2D eigenvalue weighted by Crippen LogP contribution is 2.36. The first kappa shape index (κ1) is 16.1. The Morgan fingerprint density at radius 3 is 2.74 bits per heavy atom. The lowest BCUT2D eigenvalue weighted by molar-refractivity contribution is -0.171. The molecule has 1 aromatic rings. The number of carbonyl (C=O) groups is 1. The van der Waals surface area contributed by atoms with Crippen LogP contribution in [0.1, 0.15) is 24.3 Å². The summed E-state index contributed by atoms with van der Waals surface area (Å²) in [5.41, 5.74) is 0.654. The molecule has 3 rings (SSSR count). The number of amides is 1. The zero-order valence-corrected chi connectivity index (χ0v) is 12.5. The van der Waals surface area contributed by atoms with Gasteiger partial charge < -0.3 is 14.4 Å². The van der Waals surface area contributed by atoms with E-state index in [0.29, 0.717) is 30.8 Å². The quantitative estimate of drug-likeness (QED) is 0.856. The summed E-state index contributed by atoms with van der Waals surface area (Å²) in [5.74, 6) is -0.657. The fraction of sp³-hybridized carbons (Fsp3) is 0.562. The smallest absolute Gasteiger partial charge is 0.406 e. The van der Waals surface area contributed by atoms with Crippen molar-refractivity contribution >= 4 is 5.91 Å². The summed E-state index contributed by atoms with van der Waals surface area (Å²) in [7, 11) is 0. The second kappa shape index (κ2) is 6.39. The minimum Gasteiger partial charge on any atom is -0.492 e. The van der Waals surface area contributed by atoms with Crippen molar-refractivity contribution in [1.82, 2.24) is 4.90 Å². The molecular formula is C16H18F3NO3. The number of ether oxygens (including phenoxy) is 2. The summed E-state index contributed by atoms with van der Waals surface area (Å²) < 4.78 is 49.5. The number of nitrogens with zero attached hydrogens (tertiary/aromatic N) is 1. The number of hydrogen-bond acceptors (Lipinski definition) is 3. The molecule has 2 heterocycles. The largest absolute Gasteiger partial charge is 0.492 e. The Hall–Kier alpha value is -1.76. The molecule has 1 fully saturated rings. The molecule has 1 amide bonds. The molecule has 0 N–H and O–H groups in total.